The first-order valence-electron chi connectivity index (χ1n) is 12.1. The van der Waals surface area contributed by atoms with Crippen molar-refractivity contribution in [1.82, 2.24) is 9.88 Å². The normalized spacial score (nSPS) is 18.0. The highest BCUT2D eigenvalue weighted by Crippen LogP contribution is 2.39. The second kappa shape index (κ2) is 10.2. The molecule has 3 heterocycles. The predicted molar refractivity (Wildman–Crippen MR) is 135 cm³/mol. The minimum atomic E-state index is -0.0311. The molecule has 1 saturated heterocycles. The number of carbonyl (C=O) groups excluding carboxylic acids is 1. The van der Waals surface area contributed by atoms with Crippen LogP contribution in [-0.4, -0.2) is 35.5 Å². The number of amides is 1. The van der Waals surface area contributed by atoms with Crippen LogP contribution in [0.4, 0.5) is 10.8 Å². The first-order valence-corrected chi connectivity index (χ1v) is 13.0. The number of benzene rings is 2. The number of aryl methyl sites for hydroxylation is 1. The molecule has 1 aromatic heterocycles. The Hall–Kier alpha value is -2.90. The zero-order valence-corrected chi connectivity index (χ0v) is 20.6. The van der Waals surface area contributed by atoms with Crippen LogP contribution in [0.15, 0.2) is 47.8 Å². The highest BCUT2D eigenvalue weighted by molar-refractivity contribution is 7.14. The van der Waals surface area contributed by atoms with Crippen LogP contribution in [-0.2, 0) is 17.8 Å². The Morgan fingerprint density at radius 1 is 1.12 bits per heavy atom. The lowest BCUT2D eigenvalue weighted by Gasteiger charge is -2.25. The third-order valence-corrected chi connectivity index (χ3v) is 7.41. The smallest absolute Gasteiger partial charge is 0.230 e. The van der Waals surface area contributed by atoms with Crippen LogP contribution in [0.3, 0.4) is 0 Å². The van der Waals surface area contributed by atoms with Crippen LogP contribution in [0.5, 0.6) is 11.5 Å². The number of nitrogens with zero attached hydrogens (tertiary/aromatic N) is 3. The Morgan fingerprint density at radius 2 is 1.91 bits per heavy atom. The van der Waals surface area contributed by atoms with E-state index in [9.17, 15) is 4.79 Å². The minimum Gasteiger partial charge on any atom is -0.490 e. The number of fused-ring (bicyclic) bond motifs is 1. The number of likely N-dealkylation sites (tertiary alicyclic amines) is 1. The molecule has 0 unspecified atom stereocenters. The minimum absolute atomic E-state index is 0.0311. The van der Waals surface area contributed by atoms with E-state index in [1.54, 1.807) is 11.8 Å². The summed E-state index contributed by atoms with van der Waals surface area (Å²) in [6.45, 7) is 6.91. The Bertz CT molecular complexity index is 1140. The van der Waals surface area contributed by atoms with Crippen molar-refractivity contribution < 1.29 is 14.3 Å². The first-order chi connectivity index (χ1) is 16.6. The molecular weight excluding hydrogens is 446 g/mol. The molecule has 0 N–H and O–H groups in total. The maximum atomic E-state index is 12.5. The molecule has 3 aromatic rings. The van der Waals surface area contributed by atoms with Crippen molar-refractivity contribution in [2.45, 2.75) is 52.1 Å². The summed E-state index contributed by atoms with van der Waals surface area (Å²) in [7, 11) is 0. The van der Waals surface area contributed by atoms with Crippen molar-refractivity contribution in [1.29, 1.82) is 0 Å². The van der Waals surface area contributed by atoms with Gasteiger partial charge >= 0.3 is 0 Å². The van der Waals surface area contributed by atoms with E-state index in [1.807, 2.05) is 18.2 Å². The molecule has 0 bridgehead atoms. The van der Waals surface area contributed by atoms with Crippen molar-refractivity contribution in [2.75, 3.05) is 24.7 Å². The SMILES string of the molecule is CCc1ccc(N(C(C)=O)c2nc(CN3CCC[C@H]3c3ccc4c(c3)OCCCO4)cs2)cc1. The summed E-state index contributed by atoms with van der Waals surface area (Å²) in [6, 6.07) is 14.8. The number of carbonyl (C=O) groups is 1. The number of anilines is 2. The lowest BCUT2D eigenvalue weighted by Crippen LogP contribution is -2.24. The first kappa shape index (κ1) is 22.9. The molecule has 1 atom stereocenters. The van der Waals surface area contributed by atoms with Gasteiger partial charge in [-0.1, -0.05) is 25.1 Å². The van der Waals surface area contributed by atoms with Crippen molar-refractivity contribution in [2.24, 2.45) is 0 Å². The van der Waals surface area contributed by atoms with Crippen molar-refractivity contribution in [3.05, 3.63) is 64.7 Å². The summed E-state index contributed by atoms with van der Waals surface area (Å²) < 4.78 is 11.7. The topological polar surface area (TPSA) is 54.9 Å². The Morgan fingerprint density at radius 3 is 2.68 bits per heavy atom. The fourth-order valence-corrected chi connectivity index (χ4v) is 5.65. The summed E-state index contributed by atoms with van der Waals surface area (Å²) in [5.41, 5.74) is 4.37. The number of thiazole rings is 1. The highest BCUT2D eigenvalue weighted by Gasteiger charge is 2.28. The highest BCUT2D eigenvalue weighted by atomic mass is 32.1. The molecule has 0 saturated carbocycles. The molecule has 34 heavy (non-hydrogen) atoms. The standard InChI is InChI=1S/C27H31N3O3S/c1-3-20-7-10-23(11-8-20)30(19(2)31)27-28-22(18-34-27)17-29-13-4-6-24(29)21-9-12-25-26(16-21)33-15-5-14-32-25/h7-12,16,18,24H,3-6,13-15,17H2,1-2H3/t24-/m0/s1. The van der Waals surface area contributed by atoms with E-state index in [2.05, 4.69) is 41.5 Å². The van der Waals surface area contributed by atoms with Crippen molar-refractivity contribution in [3.63, 3.8) is 0 Å². The van der Waals surface area contributed by atoms with E-state index in [1.165, 1.54) is 22.5 Å². The zero-order chi connectivity index (χ0) is 23.5. The molecule has 7 heteroatoms. The monoisotopic (exact) mass is 477 g/mol. The fourth-order valence-electron chi connectivity index (χ4n) is 4.77. The maximum Gasteiger partial charge on any atom is 0.230 e. The van der Waals surface area contributed by atoms with Gasteiger partial charge in [0.25, 0.3) is 0 Å². The van der Waals surface area contributed by atoms with Crippen LogP contribution < -0.4 is 14.4 Å². The quantitative estimate of drug-likeness (QED) is 0.443. The molecule has 178 valence electrons. The van der Waals surface area contributed by atoms with E-state index in [0.29, 0.717) is 19.3 Å². The molecule has 0 spiro atoms. The van der Waals surface area contributed by atoms with Gasteiger partial charge in [-0.05, 0) is 61.2 Å². The van der Waals surface area contributed by atoms with E-state index < -0.39 is 0 Å². The van der Waals surface area contributed by atoms with E-state index in [0.717, 1.165) is 66.8 Å². The third-order valence-electron chi connectivity index (χ3n) is 6.53. The summed E-state index contributed by atoms with van der Waals surface area (Å²) in [5, 5.41) is 2.80. The molecule has 0 aliphatic carbocycles. The molecule has 2 aliphatic rings. The average Bonchev–Trinajstić information content (AvgIpc) is 3.43. The molecule has 1 fully saturated rings. The summed E-state index contributed by atoms with van der Waals surface area (Å²) in [5.74, 6) is 1.66. The van der Waals surface area contributed by atoms with Gasteiger partial charge in [0.05, 0.1) is 24.6 Å². The fraction of sp³-hybridized carbons (Fsp3) is 0.407. The van der Waals surface area contributed by atoms with Gasteiger partial charge in [0.15, 0.2) is 16.6 Å². The second-order valence-corrected chi connectivity index (χ2v) is 9.72. The molecule has 2 aromatic carbocycles. The van der Waals surface area contributed by atoms with E-state index in [-0.39, 0.29) is 5.91 Å². The summed E-state index contributed by atoms with van der Waals surface area (Å²) in [4.78, 5) is 21.5. The van der Waals surface area contributed by atoms with Crippen LogP contribution in [0.25, 0.3) is 0 Å². The number of hydrogen-bond donors (Lipinski definition) is 0. The molecule has 2 aliphatic heterocycles. The molecule has 6 nitrogen and oxygen atoms in total. The van der Waals surface area contributed by atoms with Gasteiger partial charge < -0.3 is 9.47 Å². The van der Waals surface area contributed by atoms with Gasteiger partial charge in [-0.15, -0.1) is 11.3 Å². The van der Waals surface area contributed by atoms with Gasteiger partial charge in [-0.3, -0.25) is 14.6 Å². The van der Waals surface area contributed by atoms with Crippen LogP contribution in [0, 0.1) is 0 Å². The Kier molecular flexibility index (Phi) is 6.83. The second-order valence-electron chi connectivity index (χ2n) is 8.88. The summed E-state index contributed by atoms with van der Waals surface area (Å²) in [6.07, 6.45) is 4.15. The molecule has 0 radical (unpaired) electrons. The number of aromatic nitrogens is 1. The Labute approximate surface area is 205 Å². The van der Waals surface area contributed by atoms with E-state index in [4.69, 9.17) is 14.5 Å². The lowest BCUT2D eigenvalue weighted by atomic mass is 10.0. The number of rotatable bonds is 6. The molecule has 1 amide bonds. The predicted octanol–water partition coefficient (Wildman–Crippen LogP) is 5.89. The Balaban J connectivity index is 1.33. The van der Waals surface area contributed by atoms with Crippen LogP contribution >= 0.6 is 11.3 Å². The van der Waals surface area contributed by atoms with Gasteiger partial charge in [0, 0.05) is 31.3 Å². The van der Waals surface area contributed by atoms with Crippen molar-refractivity contribution >= 4 is 28.1 Å². The van der Waals surface area contributed by atoms with E-state index >= 15 is 0 Å². The van der Waals surface area contributed by atoms with Crippen LogP contribution in [0.1, 0.15) is 56.0 Å². The van der Waals surface area contributed by atoms with Gasteiger partial charge in [-0.2, -0.15) is 0 Å². The maximum absolute atomic E-state index is 12.5. The zero-order valence-electron chi connectivity index (χ0n) is 19.8. The van der Waals surface area contributed by atoms with Crippen LogP contribution in [0.2, 0.25) is 0 Å². The van der Waals surface area contributed by atoms with Crippen molar-refractivity contribution in [3.8, 4) is 11.5 Å². The number of hydrogen-bond acceptors (Lipinski definition) is 6. The third kappa shape index (κ3) is 4.81. The lowest BCUT2D eigenvalue weighted by molar-refractivity contribution is -0.115. The largest absolute Gasteiger partial charge is 0.490 e. The average molecular weight is 478 g/mol. The molecule has 5 rings (SSSR count). The van der Waals surface area contributed by atoms with Gasteiger partial charge in [-0.25, -0.2) is 4.98 Å². The summed E-state index contributed by atoms with van der Waals surface area (Å²) >= 11 is 1.52. The molecular formula is C27H31N3O3S. The van der Waals surface area contributed by atoms with Gasteiger partial charge in [0.2, 0.25) is 5.91 Å². The van der Waals surface area contributed by atoms with Gasteiger partial charge in [0.1, 0.15) is 0 Å². The number of ether oxygens (including phenoxy) is 2.